The van der Waals surface area contributed by atoms with Crippen molar-refractivity contribution in [2.75, 3.05) is 7.11 Å². The van der Waals surface area contributed by atoms with Gasteiger partial charge in [0.2, 0.25) is 0 Å². The predicted octanol–water partition coefficient (Wildman–Crippen LogP) is 11.6. The number of methoxy groups -OCH3 is 1. The van der Waals surface area contributed by atoms with Crippen LogP contribution in [0.3, 0.4) is 0 Å². The molecule has 0 amide bonds. The number of alkyl halides is 3. The van der Waals surface area contributed by atoms with E-state index in [0.717, 1.165) is 39.2 Å². The van der Waals surface area contributed by atoms with Gasteiger partial charge in [0.25, 0.3) is 5.60 Å². The molecule has 0 saturated heterocycles. The molecule has 0 aliphatic heterocycles. The Morgan fingerprint density at radius 2 is 1.16 bits per heavy atom. The minimum Gasteiger partial charge on any atom is -0.472 e. The smallest absolute Gasteiger partial charge is 0.432 e. The number of benzene rings is 1. The maximum atomic E-state index is 14.1. The normalized spacial score (nSPS) is 13.5. The first kappa shape index (κ1) is 45.3. The quantitative estimate of drug-likeness (QED) is 0.0405. The average molecular weight is 713 g/mol. The number of terminal acetylenes is 1. The zero-order valence-corrected chi connectivity index (χ0v) is 30.6. The molecule has 0 fully saturated rings. The maximum Gasteiger partial charge on any atom is 0.432 e. The van der Waals surface area contributed by atoms with Crippen LogP contribution in [0.1, 0.15) is 140 Å². The molecular formula is C43H59F3O5. The summed E-state index contributed by atoms with van der Waals surface area (Å²) in [6.07, 6.45) is 35.3. The molecule has 51 heavy (non-hydrogen) atoms. The minimum absolute atomic E-state index is 0.373. The zero-order chi connectivity index (χ0) is 37.5. The van der Waals surface area contributed by atoms with Crippen molar-refractivity contribution >= 4 is 11.9 Å². The number of carboxylic acid groups (broad SMARTS) is 1. The standard InChI is InChI=1S/C43H59F3O5/c1-3-39(51-41(49)42(50-2,43(44,45)46)38-34-30-29-31-35-38)36-32-27-25-23-21-19-17-15-13-11-9-7-5-4-6-8-10-12-14-16-18-20-22-24-26-28-33-37-40(47)48/h1,4,6,26,28-32,34-36,39H,5,7-25,27H2,2H3,(H,47,48)/b6-4-,28-26-,36-32+/t39-,42+/m0/s1. The monoisotopic (exact) mass is 712 g/mol. The fourth-order valence-corrected chi connectivity index (χ4v) is 5.76. The number of hydrogen-bond donors (Lipinski definition) is 1. The van der Waals surface area contributed by atoms with Crippen molar-refractivity contribution in [2.24, 2.45) is 0 Å². The second-order valence-corrected chi connectivity index (χ2v) is 12.8. The Hall–Kier alpha value is -3.75. The number of unbranched alkanes of at least 4 members (excludes halogenated alkanes) is 19. The number of esters is 1. The average Bonchev–Trinajstić information content (AvgIpc) is 3.10. The van der Waals surface area contributed by atoms with E-state index in [1.54, 1.807) is 18.2 Å². The fourth-order valence-electron chi connectivity index (χ4n) is 5.76. The van der Waals surface area contributed by atoms with Crippen molar-refractivity contribution in [1.82, 2.24) is 0 Å². The summed E-state index contributed by atoms with van der Waals surface area (Å²) in [7, 11) is 0.827. The molecule has 0 aliphatic carbocycles. The third-order valence-corrected chi connectivity index (χ3v) is 8.66. The summed E-state index contributed by atoms with van der Waals surface area (Å²) in [4.78, 5) is 23.1. The number of ether oxygens (including phenoxy) is 2. The maximum absolute atomic E-state index is 14.1. The van der Waals surface area contributed by atoms with Crippen LogP contribution in [-0.2, 0) is 24.7 Å². The molecule has 2 atom stereocenters. The summed E-state index contributed by atoms with van der Waals surface area (Å²) in [6, 6.07) is 6.68. The van der Waals surface area contributed by atoms with Crippen LogP contribution in [-0.4, -0.2) is 36.4 Å². The topological polar surface area (TPSA) is 72.8 Å². The van der Waals surface area contributed by atoms with Gasteiger partial charge in [0.1, 0.15) is 0 Å². The number of allylic oxidation sites excluding steroid dienone is 5. The number of halogens is 3. The van der Waals surface area contributed by atoms with Crippen LogP contribution in [0.15, 0.2) is 66.8 Å². The van der Waals surface area contributed by atoms with Gasteiger partial charge in [0.05, 0.1) is 0 Å². The van der Waals surface area contributed by atoms with Crippen LogP contribution in [0, 0.1) is 24.2 Å². The third-order valence-electron chi connectivity index (χ3n) is 8.66. The lowest BCUT2D eigenvalue weighted by Gasteiger charge is -2.32. The first-order chi connectivity index (χ1) is 24.7. The molecule has 0 heterocycles. The first-order valence-electron chi connectivity index (χ1n) is 18.7. The van der Waals surface area contributed by atoms with Crippen LogP contribution in [0.2, 0.25) is 0 Å². The Balaban J connectivity index is 2.00. The van der Waals surface area contributed by atoms with Gasteiger partial charge in [-0.15, -0.1) is 6.42 Å². The lowest BCUT2D eigenvalue weighted by Crippen LogP contribution is -2.52. The highest BCUT2D eigenvalue weighted by atomic mass is 19.4. The Morgan fingerprint density at radius 1 is 0.725 bits per heavy atom. The van der Waals surface area contributed by atoms with E-state index >= 15 is 0 Å². The van der Waals surface area contributed by atoms with Crippen molar-refractivity contribution < 1.29 is 37.3 Å². The molecule has 8 heteroatoms. The highest BCUT2D eigenvalue weighted by Gasteiger charge is 2.64. The third kappa shape index (κ3) is 20.6. The molecule has 1 rings (SSSR count). The van der Waals surface area contributed by atoms with Crippen molar-refractivity contribution in [1.29, 1.82) is 0 Å². The molecular weight excluding hydrogens is 653 g/mol. The van der Waals surface area contributed by atoms with Crippen LogP contribution < -0.4 is 0 Å². The van der Waals surface area contributed by atoms with Gasteiger partial charge >= 0.3 is 18.1 Å². The summed E-state index contributed by atoms with van der Waals surface area (Å²) in [5.41, 5.74) is -3.63. The Labute approximate surface area is 305 Å². The van der Waals surface area contributed by atoms with E-state index in [9.17, 15) is 22.8 Å². The van der Waals surface area contributed by atoms with E-state index in [1.807, 2.05) is 6.08 Å². The van der Waals surface area contributed by atoms with Gasteiger partial charge in [-0.05, 0) is 63.5 Å². The summed E-state index contributed by atoms with van der Waals surface area (Å²) < 4.78 is 52.0. The van der Waals surface area contributed by atoms with Crippen molar-refractivity contribution in [3.8, 4) is 24.2 Å². The van der Waals surface area contributed by atoms with Gasteiger partial charge in [0, 0.05) is 18.6 Å². The van der Waals surface area contributed by atoms with Crippen LogP contribution >= 0.6 is 0 Å². The predicted molar refractivity (Wildman–Crippen MR) is 200 cm³/mol. The number of carbonyl (C=O) groups is 2. The molecule has 0 radical (unpaired) electrons. The van der Waals surface area contributed by atoms with E-state index in [2.05, 4.69) is 29.9 Å². The SMILES string of the molecule is C#C[C@@H](/C=C/CCCCCCCCCCCC/C=C\CCCCCCCCC/C=C\C#CC(=O)O)OC(=O)[C@](OC)(c1ccccc1)C(F)(F)F. The van der Waals surface area contributed by atoms with E-state index in [0.29, 0.717) is 6.42 Å². The van der Waals surface area contributed by atoms with Crippen LogP contribution in [0.5, 0.6) is 0 Å². The van der Waals surface area contributed by atoms with Gasteiger partial charge in [-0.25, -0.2) is 9.59 Å². The molecule has 0 spiro atoms. The van der Waals surface area contributed by atoms with E-state index < -0.39 is 29.8 Å². The highest BCUT2D eigenvalue weighted by Crippen LogP contribution is 2.43. The molecule has 0 unspecified atom stereocenters. The lowest BCUT2D eigenvalue weighted by molar-refractivity contribution is -0.276. The van der Waals surface area contributed by atoms with Gasteiger partial charge in [0.15, 0.2) is 6.10 Å². The van der Waals surface area contributed by atoms with Crippen molar-refractivity contribution in [2.45, 2.75) is 153 Å². The number of aliphatic carboxylic acids is 1. The van der Waals surface area contributed by atoms with Gasteiger partial charge < -0.3 is 14.6 Å². The molecule has 1 aromatic rings. The molecule has 0 aliphatic rings. The second kappa shape index (κ2) is 28.9. The summed E-state index contributed by atoms with van der Waals surface area (Å²) in [5, 5.41) is 8.43. The number of hydrogen-bond acceptors (Lipinski definition) is 4. The lowest BCUT2D eigenvalue weighted by atomic mass is 9.92. The minimum atomic E-state index is -5.05. The van der Waals surface area contributed by atoms with Crippen molar-refractivity contribution in [3.63, 3.8) is 0 Å². The summed E-state index contributed by atoms with van der Waals surface area (Å²) >= 11 is 0. The molecule has 0 aromatic heterocycles. The summed E-state index contributed by atoms with van der Waals surface area (Å²) in [5.74, 6) is 4.12. The molecule has 0 bridgehead atoms. The first-order valence-corrected chi connectivity index (χ1v) is 18.7. The molecule has 282 valence electrons. The van der Waals surface area contributed by atoms with Crippen LogP contribution in [0.25, 0.3) is 0 Å². The molecule has 1 aromatic carbocycles. The molecule has 0 saturated carbocycles. The largest absolute Gasteiger partial charge is 0.472 e. The van der Waals surface area contributed by atoms with Gasteiger partial charge in [-0.1, -0.05) is 150 Å². The van der Waals surface area contributed by atoms with Gasteiger partial charge in [-0.2, -0.15) is 13.2 Å². The molecule has 5 nitrogen and oxygen atoms in total. The fraction of sp³-hybridized carbons (Fsp3) is 0.581. The number of rotatable bonds is 28. The van der Waals surface area contributed by atoms with Crippen molar-refractivity contribution in [3.05, 3.63) is 72.4 Å². The highest BCUT2D eigenvalue weighted by molar-refractivity contribution is 5.86. The van der Waals surface area contributed by atoms with E-state index in [-0.39, 0.29) is 5.56 Å². The van der Waals surface area contributed by atoms with E-state index in [4.69, 9.17) is 21.0 Å². The zero-order valence-electron chi connectivity index (χ0n) is 30.6. The Kier molecular flexibility index (Phi) is 25.6. The summed E-state index contributed by atoms with van der Waals surface area (Å²) in [6.45, 7) is 0. The number of carboxylic acids is 1. The number of carbonyl (C=O) groups excluding carboxylic acids is 1. The van der Waals surface area contributed by atoms with E-state index in [1.165, 1.54) is 127 Å². The van der Waals surface area contributed by atoms with Gasteiger partial charge in [-0.3, -0.25) is 0 Å². The van der Waals surface area contributed by atoms with Crippen LogP contribution in [0.4, 0.5) is 13.2 Å². The second-order valence-electron chi connectivity index (χ2n) is 12.8. The molecule has 1 N–H and O–H groups in total. The Morgan fingerprint density at radius 3 is 1.57 bits per heavy atom. The Bertz CT molecular complexity index is 1270.